The summed E-state index contributed by atoms with van der Waals surface area (Å²) in [4.78, 5) is 6.19. The molecule has 2 aromatic heterocycles. The SMILES string of the molecule is CCCCCC1CCc2nc(-c3cccs3)ccc2C1. The zero-order valence-corrected chi connectivity index (χ0v) is 13.1. The van der Waals surface area contributed by atoms with Crippen LogP contribution in [0.2, 0.25) is 0 Å². The third kappa shape index (κ3) is 3.12. The Morgan fingerprint density at radius 3 is 3.00 bits per heavy atom. The van der Waals surface area contributed by atoms with Crippen LogP contribution in [-0.4, -0.2) is 4.98 Å². The van der Waals surface area contributed by atoms with Gasteiger partial charge in [0.2, 0.25) is 0 Å². The Kier molecular flexibility index (Phi) is 4.51. The Morgan fingerprint density at radius 1 is 1.25 bits per heavy atom. The van der Waals surface area contributed by atoms with Crippen molar-refractivity contribution in [2.24, 2.45) is 5.92 Å². The van der Waals surface area contributed by atoms with Crippen molar-refractivity contribution in [2.75, 3.05) is 0 Å². The third-order valence-corrected chi connectivity index (χ3v) is 5.25. The summed E-state index contributed by atoms with van der Waals surface area (Å²) >= 11 is 1.78. The highest BCUT2D eigenvalue weighted by Crippen LogP contribution is 2.31. The van der Waals surface area contributed by atoms with Gasteiger partial charge in [-0.1, -0.05) is 44.7 Å². The first kappa shape index (κ1) is 13.8. The minimum Gasteiger partial charge on any atom is -0.252 e. The maximum absolute atomic E-state index is 4.90. The van der Waals surface area contributed by atoms with Gasteiger partial charge in [0.05, 0.1) is 10.6 Å². The summed E-state index contributed by atoms with van der Waals surface area (Å²) in [6, 6.07) is 8.79. The summed E-state index contributed by atoms with van der Waals surface area (Å²) in [5.41, 5.74) is 4.00. The van der Waals surface area contributed by atoms with Crippen molar-refractivity contribution in [2.45, 2.75) is 51.9 Å². The van der Waals surface area contributed by atoms with Gasteiger partial charge in [-0.15, -0.1) is 11.3 Å². The highest BCUT2D eigenvalue weighted by atomic mass is 32.1. The molecule has 0 fully saturated rings. The van der Waals surface area contributed by atoms with E-state index in [1.165, 1.54) is 61.1 Å². The summed E-state index contributed by atoms with van der Waals surface area (Å²) in [6.07, 6.45) is 9.27. The Labute approximate surface area is 126 Å². The molecule has 0 aliphatic heterocycles. The molecule has 2 heteroatoms. The Balaban J connectivity index is 1.69. The van der Waals surface area contributed by atoms with Crippen molar-refractivity contribution in [3.63, 3.8) is 0 Å². The molecule has 2 aromatic rings. The molecule has 0 bridgehead atoms. The lowest BCUT2D eigenvalue weighted by atomic mass is 9.83. The third-order valence-electron chi connectivity index (χ3n) is 4.36. The van der Waals surface area contributed by atoms with E-state index in [9.17, 15) is 0 Å². The summed E-state index contributed by atoms with van der Waals surface area (Å²) in [5.74, 6) is 0.892. The molecule has 0 aromatic carbocycles. The van der Waals surface area contributed by atoms with Crippen molar-refractivity contribution in [1.29, 1.82) is 0 Å². The summed E-state index contributed by atoms with van der Waals surface area (Å²) < 4.78 is 0. The first-order valence-corrected chi connectivity index (χ1v) is 8.77. The van der Waals surface area contributed by atoms with Gasteiger partial charge in [0, 0.05) is 5.69 Å². The van der Waals surface area contributed by atoms with Crippen LogP contribution in [0.25, 0.3) is 10.6 Å². The van der Waals surface area contributed by atoms with Gasteiger partial charge in [0.25, 0.3) is 0 Å². The molecule has 20 heavy (non-hydrogen) atoms. The second kappa shape index (κ2) is 6.53. The quantitative estimate of drug-likeness (QED) is 0.661. The number of aromatic nitrogens is 1. The van der Waals surface area contributed by atoms with Crippen LogP contribution < -0.4 is 0 Å². The lowest BCUT2D eigenvalue weighted by Crippen LogP contribution is -2.15. The van der Waals surface area contributed by atoms with Crippen LogP contribution >= 0.6 is 11.3 Å². The number of rotatable bonds is 5. The van der Waals surface area contributed by atoms with E-state index in [2.05, 4.69) is 36.6 Å². The van der Waals surface area contributed by atoms with E-state index in [-0.39, 0.29) is 0 Å². The van der Waals surface area contributed by atoms with Crippen molar-refractivity contribution in [1.82, 2.24) is 4.98 Å². The number of pyridine rings is 1. The molecule has 0 amide bonds. The lowest BCUT2D eigenvalue weighted by molar-refractivity contribution is 0.404. The molecular formula is C18H23NS. The van der Waals surface area contributed by atoms with Crippen LogP contribution in [0.1, 0.15) is 50.3 Å². The topological polar surface area (TPSA) is 12.9 Å². The zero-order chi connectivity index (χ0) is 13.8. The molecule has 2 heterocycles. The van der Waals surface area contributed by atoms with Gasteiger partial charge in [-0.3, -0.25) is 4.98 Å². The molecule has 1 nitrogen and oxygen atoms in total. The van der Waals surface area contributed by atoms with Gasteiger partial charge in [-0.2, -0.15) is 0 Å². The fourth-order valence-corrected chi connectivity index (χ4v) is 3.87. The van der Waals surface area contributed by atoms with Crippen LogP contribution in [-0.2, 0) is 12.8 Å². The number of unbranched alkanes of at least 4 members (excludes halogenated alkanes) is 2. The van der Waals surface area contributed by atoms with Crippen molar-refractivity contribution in [3.8, 4) is 10.6 Å². The second-order valence-electron chi connectivity index (χ2n) is 5.88. The monoisotopic (exact) mass is 285 g/mol. The molecule has 1 unspecified atom stereocenters. The number of hydrogen-bond acceptors (Lipinski definition) is 2. The molecule has 1 atom stereocenters. The maximum Gasteiger partial charge on any atom is 0.0805 e. The smallest absolute Gasteiger partial charge is 0.0805 e. The van der Waals surface area contributed by atoms with E-state index in [1.54, 1.807) is 11.3 Å². The van der Waals surface area contributed by atoms with E-state index >= 15 is 0 Å². The highest BCUT2D eigenvalue weighted by molar-refractivity contribution is 7.13. The summed E-state index contributed by atoms with van der Waals surface area (Å²) in [7, 11) is 0. The molecule has 0 saturated carbocycles. The second-order valence-corrected chi connectivity index (χ2v) is 6.83. The molecule has 0 spiro atoms. The average molecular weight is 285 g/mol. The van der Waals surface area contributed by atoms with Crippen LogP contribution in [0, 0.1) is 5.92 Å². The predicted octanol–water partition coefficient (Wildman–Crippen LogP) is 5.50. The minimum absolute atomic E-state index is 0.892. The van der Waals surface area contributed by atoms with Crippen molar-refractivity contribution < 1.29 is 0 Å². The standard InChI is InChI=1S/C18H23NS/c1-2-3-4-6-14-8-10-16-15(13-14)9-11-17(19-16)18-7-5-12-20-18/h5,7,9,11-12,14H,2-4,6,8,10,13H2,1H3. The number of fused-ring (bicyclic) bond motifs is 1. The fraction of sp³-hybridized carbons (Fsp3) is 0.500. The first-order chi connectivity index (χ1) is 9.86. The Hall–Kier alpha value is -1.15. The highest BCUT2D eigenvalue weighted by Gasteiger charge is 2.19. The van der Waals surface area contributed by atoms with Crippen molar-refractivity contribution >= 4 is 11.3 Å². The molecule has 0 saturated heterocycles. The summed E-state index contributed by atoms with van der Waals surface area (Å²) in [6.45, 7) is 2.28. The average Bonchev–Trinajstić information content (AvgIpc) is 3.01. The van der Waals surface area contributed by atoms with Gasteiger partial charge in [-0.25, -0.2) is 0 Å². The van der Waals surface area contributed by atoms with E-state index in [0.29, 0.717) is 0 Å². The first-order valence-electron chi connectivity index (χ1n) is 7.89. The van der Waals surface area contributed by atoms with E-state index < -0.39 is 0 Å². The molecule has 1 aliphatic carbocycles. The summed E-state index contributed by atoms with van der Waals surface area (Å²) in [5, 5.41) is 2.13. The number of hydrogen-bond donors (Lipinski definition) is 0. The molecule has 106 valence electrons. The largest absolute Gasteiger partial charge is 0.252 e. The Morgan fingerprint density at radius 2 is 2.20 bits per heavy atom. The van der Waals surface area contributed by atoms with Gasteiger partial charge >= 0.3 is 0 Å². The molecule has 1 aliphatic rings. The predicted molar refractivity (Wildman–Crippen MR) is 87.2 cm³/mol. The van der Waals surface area contributed by atoms with E-state index in [0.717, 1.165) is 11.6 Å². The molecule has 3 rings (SSSR count). The van der Waals surface area contributed by atoms with Gasteiger partial charge in [-0.05, 0) is 48.3 Å². The van der Waals surface area contributed by atoms with Crippen LogP contribution in [0.15, 0.2) is 29.6 Å². The van der Waals surface area contributed by atoms with Crippen LogP contribution in [0.3, 0.4) is 0 Å². The van der Waals surface area contributed by atoms with Gasteiger partial charge in [0.1, 0.15) is 0 Å². The van der Waals surface area contributed by atoms with Crippen LogP contribution in [0.5, 0.6) is 0 Å². The zero-order valence-electron chi connectivity index (χ0n) is 12.3. The number of nitrogens with zero attached hydrogens (tertiary/aromatic N) is 1. The molecule has 0 radical (unpaired) electrons. The lowest BCUT2D eigenvalue weighted by Gasteiger charge is -2.24. The van der Waals surface area contributed by atoms with Gasteiger partial charge in [0.15, 0.2) is 0 Å². The van der Waals surface area contributed by atoms with E-state index in [4.69, 9.17) is 4.98 Å². The normalized spacial score (nSPS) is 17.9. The molecule has 0 N–H and O–H groups in total. The molecular weight excluding hydrogens is 262 g/mol. The Bertz CT molecular complexity index is 545. The van der Waals surface area contributed by atoms with Crippen LogP contribution in [0.4, 0.5) is 0 Å². The van der Waals surface area contributed by atoms with Crippen molar-refractivity contribution in [3.05, 3.63) is 40.9 Å². The van der Waals surface area contributed by atoms with E-state index in [1.807, 2.05) is 0 Å². The number of aryl methyl sites for hydroxylation is 1. The maximum atomic E-state index is 4.90. The van der Waals surface area contributed by atoms with Gasteiger partial charge < -0.3 is 0 Å². The fourth-order valence-electron chi connectivity index (χ4n) is 3.18. The minimum atomic E-state index is 0.892. The number of thiophene rings is 1.